The van der Waals surface area contributed by atoms with E-state index in [1.165, 1.54) is 47.5 Å². The molecular formula is C26H23N5O11S2. The Kier molecular flexibility index (Phi) is 9.64. The van der Waals surface area contributed by atoms with Gasteiger partial charge in [0.2, 0.25) is 0 Å². The standard InChI is InChI=1S/C26H23N5O11S2/c1-11(32)41-16-6-5-13(8-17(16)42-12(2)33)25(38)40-7-3-4-14-9-43-23-19(22(35)31(23)20(14)24(36)37)29-21(34)18(30-39)15-10-44-26(27)28-15/h3-6,8,10,19,23,39H,7,9H2,1-2H3,(H2,27,28)(H,29,34)(H,36,37)/b4-3+,30-18-. The van der Waals surface area contributed by atoms with Crippen LogP contribution in [0.25, 0.3) is 0 Å². The Labute approximate surface area is 256 Å². The molecule has 5 N–H and O–H groups in total. The zero-order valence-corrected chi connectivity index (χ0v) is 24.5. The molecule has 0 spiro atoms. The number of aliphatic carboxylic acids is 1. The van der Waals surface area contributed by atoms with Gasteiger partial charge in [0.1, 0.15) is 29.4 Å². The molecule has 3 heterocycles. The molecule has 0 aliphatic carbocycles. The summed E-state index contributed by atoms with van der Waals surface area (Å²) in [7, 11) is 0. The van der Waals surface area contributed by atoms with Crippen LogP contribution in [0.2, 0.25) is 0 Å². The third-order valence-corrected chi connectivity index (χ3v) is 7.86. The molecule has 2 aliphatic rings. The Balaban J connectivity index is 1.41. The lowest BCUT2D eigenvalue weighted by Crippen LogP contribution is -2.71. The second kappa shape index (κ2) is 13.4. The van der Waals surface area contributed by atoms with Crippen molar-refractivity contribution in [1.29, 1.82) is 0 Å². The zero-order chi connectivity index (χ0) is 32.1. The first-order valence-electron chi connectivity index (χ1n) is 12.4. The number of hydrogen-bond acceptors (Lipinski definition) is 15. The zero-order valence-electron chi connectivity index (χ0n) is 22.8. The van der Waals surface area contributed by atoms with Gasteiger partial charge in [0.15, 0.2) is 22.3 Å². The summed E-state index contributed by atoms with van der Waals surface area (Å²) in [6.45, 7) is 2.00. The van der Waals surface area contributed by atoms with Gasteiger partial charge in [-0.05, 0) is 29.8 Å². The van der Waals surface area contributed by atoms with Gasteiger partial charge in [0, 0.05) is 25.0 Å². The molecule has 16 nitrogen and oxygen atoms in total. The van der Waals surface area contributed by atoms with Crippen LogP contribution in [0.4, 0.5) is 5.13 Å². The number of esters is 3. The van der Waals surface area contributed by atoms with Crippen LogP contribution in [0, 0.1) is 0 Å². The van der Waals surface area contributed by atoms with Crippen molar-refractivity contribution >= 4 is 69.6 Å². The third kappa shape index (κ3) is 6.87. The van der Waals surface area contributed by atoms with Crippen molar-refractivity contribution in [2.45, 2.75) is 25.3 Å². The molecule has 0 saturated carbocycles. The van der Waals surface area contributed by atoms with Crippen molar-refractivity contribution in [2.75, 3.05) is 18.1 Å². The van der Waals surface area contributed by atoms with Gasteiger partial charge in [0.05, 0.1) is 5.56 Å². The largest absolute Gasteiger partial charge is 0.477 e. The number of nitrogens with one attached hydrogen (secondary N) is 1. The van der Waals surface area contributed by atoms with E-state index in [2.05, 4.69) is 15.5 Å². The monoisotopic (exact) mass is 645 g/mol. The molecule has 0 radical (unpaired) electrons. The van der Waals surface area contributed by atoms with E-state index in [1.807, 2.05) is 0 Å². The summed E-state index contributed by atoms with van der Waals surface area (Å²) in [6.07, 6.45) is 2.78. The molecule has 2 unspecified atom stereocenters. The number of nitrogens with two attached hydrogens (primary N) is 1. The topological polar surface area (TPSA) is 237 Å². The van der Waals surface area contributed by atoms with Gasteiger partial charge >= 0.3 is 23.9 Å². The Hall–Kier alpha value is -5.23. The molecule has 4 rings (SSSR count). The summed E-state index contributed by atoms with van der Waals surface area (Å²) >= 11 is 2.20. The first-order chi connectivity index (χ1) is 20.9. The van der Waals surface area contributed by atoms with E-state index in [0.717, 1.165) is 30.1 Å². The predicted molar refractivity (Wildman–Crippen MR) is 153 cm³/mol. The number of oxime groups is 1. The van der Waals surface area contributed by atoms with Gasteiger partial charge in [-0.1, -0.05) is 11.2 Å². The second-order valence-corrected chi connectivity index (χ2v) is 10.9. The lowest BCUT2D eigenvalue weighted by atomic mass is 10.0. The van der Waals surface area contributed by atoms with Crippen LogP contribution in [0.3, 0.4) is 0 Å². The molecule has 18 heteroatoms. The number of thiazole rings is 1. The van der Waals surface area contributed by atoms with Gasteiger partial charge < -0.3 is 35.6 Å². The highest BCUT2D eigenvalue weighted by atomic mass is 32.2. The molecule has 2 atom stereocenters. The minimum Gasteiger partial charge on any atom is -0.477 e. The van der Waals surface area contributed by atoms with E-state index in [4.69, 9.17) is 19.9 Å². The summed E-state index contributed by atoms with van der Waals surface area (Å²) in [5.41, 5.74) is 5.04. The number of amides is 2. The van der Waals surface area contributed by atoms with Crippen LogP contribution >= 0.6 is 23.1 Å². The number of anilines is 1. The van der Waals surface area contributed by atoms with Gasteiger partial charge in [-0.2, -0.15) is 0 Å². The van der Waals surface area contributed by atoms with E-state index >= 15 is 0 Å². The number of benzene rings is 1. The van der Waals surface area contributed by atoms with Crippen molar-refractivity contribution in [3.05, 3.63) is 58.3 Å². The summed E-state index contributed by atoms with van der Waals surface area (Å²) in [5, 5.41) is 25.3. The van der Waals surface area contributed by atoms with E-state index < -0.39 is 52.8 Å². The van der Waals surface area contributed by atoms with Crippen LogP contribution in [0.5, 0.6) is 11.5 Å². The SMILES string of the molecule is CC(=O)Oc1ccc(C(=O)OC/C=C/C2=C(C(=O)O)N3C(=O)C(NC(=O)/C(=N\O)c4csc(N)n4)C3SC2)cc1OC(C)=O. The number of carbonyl (C=O) groups is 6. The van der Waals surface area contributed by atoms with Crippen LogP contribution in [-0.4, -0.2) is 85.4 Å². The highest BCUT2D eigenvalue weighted by Gasteiger charge is 2.54. The van der Waals surface area contributed by atoms with Crippen molar-refractivity contribution < 1.29 is 53.3 Å². The van der Waals surface area contributed by atoms with Crippen molar-refractivity contribution in [1.82, 2.24) is 15.2 Å². The van der Waals surface area contributed by atoms with E-state index in [1.54, 1.807) is 0 Å². The minimum absolute atomic E-state index is 0.00974. The number of carboxylic acid groups (broad SMARTS) is 1. The molecule has 2 aromatic rings. The van der Waals surface area contributed by atoms with Crippen molar-refractivity contribution in [3.63, 3.8) is 0 Å². The van der Waals surface area contributed by atoms with Crippen LogP contribution < -0.4 is 20.5 Å². The number of carbonyl (C=O) groups excluding carboxylic acids is 5. The first kappa shape index (κ1) is 31.7. The molecular weight excluding hydrogens is 622 g/mol. The van der Waals surface area contributed by atoms with Crippen LogP contribution in [0.1, 0.15) is 29.9 Å². The molecule has 2 amide bonds. The number of fused-ring (bicyclic) bond motifs is 1. The number of rotatable bonds is 10. The maximum absolute atomic E-state index is 12.9. The average Bonchev–Trinajstić information content (AvgIpc) is 3.39. The van der Waals surface area contributed by atoms with Crippen molar-refractivity contribution in [2.24, 2.45) is 5.16 Å². The van der Waals surface area contributed by atoms with Gasteiger partial charge in [0.25, 0.3) is 11.8 Å². The van der Waals surface area contributed by atoms with E-state index in [9.17, 15) is 39.1 Å². The molecule has 1 aromatic carbocycles. The fourth-order valence-corrected chi connectivity index (χ4v) is 5.96. The molecule has 1 aromatic heterocycles. The Bertz CT molecular complexity index is 1650. The van der Waals surface area contributed by atoms with Crippen molar-refractivity contribution in [3.8, 4) is 11.5 Å². The number of allylic oxidation sites excluding steroid dienone is 1. The molecule has 1 saturated heterocycles. The minimum atomic E-state index is -1.38. The fourth-order valence-electron chi connectivity index (χ4n) is 4.10. The number of carboxylic acids is 1. The number of β-lactam (4-membered cyclic amide) rings is 1. The van der Waals surface area contributed by atoms with E-state index in [0.29, 0.717) is 0 Å². The number of nitrogens with zero attached hydrogens (tertiary/aromatic N) is 3. The lowest BCUT2D eigenvalue weighted by molar-refractivity contribution is -0.150. The summed E-state index contributed by atoms with van der Waals surface area (Å²) < 4.78 is 15.1. The smallest absolute Gasteiger partial charge is 0.352 e. The molecule has 44 heavy (non-hydrogen) atoms. The normalized spacial score (nSPS) is 17.9. The van der Waals surface area contributed by atoms with Gasteiger partial charge in [-0.15, -0.1) is 23.1 Å². The number of aromatic nitrogens is 1. The lowest BCUT2D eigenvalue weighted by Gasteiger charge is -2.49. The summed E-state index contributed by atoms with van der Waals surface area (Å²) in [4.78, 5) is 77.8. The highest BCUT2D eigenvalue weighted by molar-refractivity contribution is 8.00. The number of hydrogen-bond donors (Lipinski definition) is 4. The first-order valence-corrected chi connectivity index (χ1v) is 14.3. The summed E-state index contributed by atoms with van der Waals surface area (Å²) in [6, 6.07) is 2.64. The van der Waals surface area contributed by atoms with Crippen LogP contribution in [-0.2, 0) is 28.7 Å². The highest BCUT2D eigenvalue weighted by Crippen LogP contribution is 2.40. The number of thioether (sulfide) groups is 1. The second-order valence-electron chi connectivity index (χ2n) is 8.91. The fraction of sp³-hybridized carbons (Fsp3) is 0.231. The maximum Gasteiger partial charge on any atom is 0.352 e. The molecule has 230 valence electrons. The third-order valence-electron chi connectivity index (χ3n) is 5.88. The maximum atomic E-state index is 12.9. The quantitative estimate of drug-likeness (QED) is 0.0702. The predicted octanol–water partition coefficient (Wildman–Crippen LogP) is 0.906. The van der Waals surface area contributed by atoms with Gasteiger partial charge in [-0.25, -0.2) is 14.6 Å². The summed E-state index contributed by atoms with van der Waals surface area (Å²) in [5.74, 6) is -5.25. The Morgan fingerprint density at radius 2 is 1.89 bits per heavy atom. The molecule has 0 bridgehead atoms. The molecule has 1 fully saturated rings. The van der Waals surface area contributed by atoms with Gasteiger partial charge in [-0.3, -0.25) is 24.1 Å². The molecule has 2 aliphatic heterocycles. The number of ether oxygens (including phenoxy) is 3. The number of nitrogen functional groups attached to an aromatic ring is 1. The van der Waals surface area contributed by atoms with E-state index in [-0.39, 0.29) is 51.5 Å². The Morgan fingerprint density at radius 3 is 2.50 bits per heavy atom. The van der Waals surface area contributed by atoms with Crippen LogP contribution in [0.15, 0.2) is 52.2 Å². The Morgan fingerprint density at radius 1 is 1.18 bits per heavy atom. The average molecular weight is 646 g/mol.